The Morgan fingerprint density at radius 2 is 2.05 bits per heavy atom. The van der Waals surface area contributed by atoms with Crippen molar-refractivity contribution in [3.8, 4) is 0 Å². The number of para-hydroxylation sites is 1. The lowest BCUT2D eigenvalue weighted by atomic mass is 10.1. The van der Waals surface area contributed by atoms with Crippen molar-refractivity contribution in [2.45, 2.75) is 26.1 Å². The maximum atomic E-state index is 13.0. The quantitative estimate of drug-likeness (QED) is 0.830. The fourth-order valence-corrected chi connectivity index (χ4v) is 2.71. The van der Waals surface area contributed by atoms with Gasteiger partial charge in [-0.3, -0.25) is 0 Å². The van der Waals surface area contributed by atoms with Gasteiger partial charge in [-0.1, -0.05) is 17.7 Å². The van der Waals surface area contributed by atoms with E-state index in [4.69, 9.17) is 11.6 Å². The molecule has 0 aliphatic carbocycles. The maximum absolute atomic E-state index is 13.0. The molecule has 1 N–H and O–H groups in total. The molecule has 7 heteroatoms. The van der Waals surface area contributed by atoms with Gasteiger partial charge >= 0.3 is 6.18 Å². The van der Waals surface area contributed by atoms with Crippen LogP contribution in [0.3, 0.4) is 0 Å². The summed E-state index contributed by atoms with van der Waals surface area (Å²) < 4.78 is 38.9. The minimum Gasteiger partial charge on any atom is -0.375 e. The Morgan fingerprint density at radius 3 is 2.60 bits per heavy atom. The van der Waals surface area contributed by atoms with E-state index in [2.05, 4.69) is 10.3 Å². The Kier molecular flexibility index (Phi) is 4.25. The Hall–Kier alpha value is -1.27. The molecule has 0 aliphatic heterocycles. The second-order valence-corrected chi connectivity index (χ2v) is 5.79. The second kappa shape index (κ2) is 5.61. The van der Waals surface area contributed by atoms with Crippen LogP contribution in [0.5, 0.6) is 0 Å². The molecule has 1 unspecified atom stereocenters. The first-order chi connectivity index (χ1) is 9.29. The van der Waals surface area contributed by atoms with E-state index in [0.29, 0.717) is 5.69 Å². The number of aryl methyl sites for hydroxylation is 1. The van der Waals surface area contributed by atoms with Gasteiger partial charge in [-0.05, 0) is 26.0 Å². The molecule has 0 aliphatic rings. The monoisotopic (exact) mass is 320 g/mol. The highest BCUT2D eigenvalue weighted by Crippen LogP contribution is 2.39. The molecule has 2 rings (SSSR count). The largest absolute Gasteiger partial charge is 0.418 e. The average Bonchev–Trinajstić information content (AvgIpc) is 2.77. The number of benzene rings is 1. The number of nitrogens with one attached hydrogen (secondary N) is 1. The fourth-order valence-electron chi connectivity index (χ4n) is 1.78. The summed E-state index contributed by atoms with van der Waals surface area (Å²) in [5.41, 5.74) is -0.191. The molecule has 0 bridgehead atoms. The lowest BCUT2D eigenvalue weighted by Crippen LogP contribution is -2.14. The van der Waals surface area contributed by atoms with Crippen molar-refractivity contribution in [2.24, 2.45) is 0 Å². The summed E-state index contributed by atoms with van der Waals surface area (Å²) in [6.45, 7) is 3.59. The molecular formula is C13H12ClF3N2S. The minimum absolute atomic E-state index is 0.0404. The third-order valence-corrected chi connectivity index (χ3v) is 3.87. The summed E-state index contributed by atoms with van der Waals surface area (Å²) in [5, 5.41) is 5.53. The van der Waals surface area contributed by atoms with Crippen molar-refractivity contribution >= 4 is 28.6 Å². The molecule has 1 heterocycles. The van der Waals surface area contributed by atoms with Crippen LogP contribution in [0.2, 0.25) is 5.02 Å². The predicted molar refractivity (Wildman–Crippen MR) is 75.3 cm³/mol. The Morgan fingerprint density at radius 1 is 1.35 bits per heavy atom. The topological polar surface area (TPSA) is 24.9 Å². The molecule has 0 amide bonds. The van der Waals surface area contributed by atoms with Crippen LogP contribution in [0.4, 0.5) is 18.9 Å². The molecule has 2 nitrogen and oxygen atoms in total. The highest BCUT2D eigenvalue weighted by molar-refractivity contribution is 7.09. The molecule has 0 fully saturated rings. The fraction of sp³-hybridized carbons (Fsp3) is 0.308. The first kappa shape index (κ1) is 15.1. The van der Waals surface area contributed by atoms with Crippen LogP contribution in [0.25, 0.3) is 0 Å². The summed E-state index contributed by atoms with van der Waals surface area (Å²) in [6.07, 6.45) is -4.45. The number of rotatable bonds is 3. The van der Waals surface area contributed by atoms with Crippen molar-refractivity contribution in [1.82, 2.24) is 4.98 Å². The second-order valence-electron chi connectivity index (χ2n) is 4.32. The van der Waals surface area contributed by atoms with Gasteiger partial charge in [0.05, 0.1) is 33.0 Å². The first-order valence-corrected chi connectivity index (χ1v) is 7.09. The van der Waals surface area contributed by atoms with Gasteiger partial charge in [-0.25, -0.2) is 4.98 Å². The molecule has 2 aromatic rings. The number of nitrogens with zero attached hydrogens (tertiary/aromatic N) is 1. The number of hydrogen-bond donors (Lipinski definition) is 1. The van der Waals surface area contributed by atoms with Gasteiger partial charge in [0, 0.05) is 5.38 Å². The predicted octanol–water partition coefficient (Wildman–Crippen LogP) is 5.30. The molecule has 0 saturated heterocycles. The summed E-state index contributed by atoms with van der Waals surface area (Å²) >= 11 is 7.34. The minimum atomic E-state index is -4.45. The van der Waals surface area contributed by atoms with Crippen molar-refractivity contribution in [1.29, 1.82) is 0 Å². The van der Waals surface area contributed by atoms with Crippen molar-refractivity contribution in [2.75, 3.05) is 5.32 Å². The van der Waals surface area contributed by atoms with Crippen LogP contribution < -0.4 is 5.32 Å². The maximum Gasteiger partial charge on any atom is 0.418 e. The molecule has 1 aromatic heterocycles. The van der Waals surface area contributed by atoms with E-state index in [9.17, 15) is 13.2 Å². The summed E-state index contributed by atoms with van der Waals surface area (Å²) in [5.74, 6) is 0. The van der Waals surface area contributed by atoms with Gasteiger partial charge in [0.1, 0.15) is 0 Å². The highest BCUT2D eigenvalue weighted by Gasteiger charge is 2.34. The Balaban J connectivity index is 2.33. The number of aromatic nitrogens is 1. The highest BCUT2D eigenvalue weighted by atomic mass is 35.5. The van der Waals surface area contributed by atoms with Crippen LogP contribution >= 0.6 is 22.9 Å². The van der Waals surface area contributed by atoms with E-state index in [1.807, 2.05) is 12.3 Å². The third kappa shape index (κ3) is 3.24. The third-order valence-electron chi connectivity index (χ3n) is 2.76. The van der Waals surface area contributed by atoms with Gasteiger partial charge in [-0.15, -0.1) is 11.3 Å². The van der Waals surface area contributed by atoms with E-state index in [1.54, 1.807) is 6.92 Å². The van der Waals surface area contributed by atoms with Crippen molar-refractivity contribution in [3.63, 3.8) is 0 Å². The van der Waals surface area contributed by atoms with Crippen LogP contribution in [0, 0.1) is 6.92 Å². The summed E-state index contributed by atoms with van der Waals surface area (Å²) in [4.78, 5) is 4.26. The van der Waals surface area contributed by atoms with E-state index >= 15 is 0 Å². The Labute approximate surface area is 123 Å². The van der Waals surface area contributed by atoms with E-state index < -0.39 is 11.7 Å². The zero-order valence-corrected chi connectivity index (χ0v) is 12.3. The van der Waals surface area contributed by atoms with Gasteiger partial charge in [0.25, 0.3) is 0 Å². The standard InChI is InChI=1S/C13H12ClF3N2S/c1-7(11-6-20-8(2)19-11)18-12-9(13(15,16)17)4-3-5-10(12)14/h3-7,18H,1-2H3. The smallest absolute Gasteiger partial charge is 0.375 e. The summed E-state index contributed by atoms with van der Waals surface area (Å²) in [6, 6.07) is 3.36. The molecule has 108 valence electrons. The molecule has 1 aromatic carbocycles. The van der Waals surface area contributed by atoms with Crippen LogP contribution in [-0.2, 0) is 6.18 Å². The molecule has 20 heavy (non-hydrogen) atoms. The van der Waals surface area contributed by atoms with Gasteiger partial charge in [-0.2, -0.15) is 13.2 Å². The van der Waals surface area contributed by atoms with Crippen LogP contribution in [0.1, 0.15) is 29.2 Å². The number of alkyl halides is 3. The van der Waals surface area contributed by atoms with Crippen LogP contribution in [0.15, 0.2) is 23.6 Å². The zero-order chi connectivity index (χ0) is 14.9. The van der Waals surface area contributed by atoms with Gasteiger partial charge < -0.3 is 5.32 Å². The van der Waals surface area contributed by atoms with E-state index in [-0.39, 0.29) is 16.8 Å². The molecule has 0 spiro atoms. The SMILES string of the molecule is Cc1nc(C(C)Nc2c(Cl)cccc2C(F)(F)F)cs1. The lowest BCUT2D eigenvalue weighted by molar-refractivity contribution is -0.137. The number of halogens is 4. The van der Waals surface area contributed by atoms with Gasteiger partial charge in [0.2, 0.25) is 0 Å². The normalized spacial score (nSPS) is 13.3. The van der Waals surface area contributed by atoms with Crippen LogP contribution in [-0.4, -0.2) is 4.98 Å². The first-order valence-electron chi connectivity index (χ1n) is 5.83. The molecule has 1 atom stereocenters. The number of hydrogen-bond acceptors (Lipinski definition) is 3. The average molecular weight is 321 g/mol. The molecule has 0 saturated carbocycles. The Bertz CT molecular complexity index is 610. The number of anilines is 1. The molecule has 0 radical (unpaired) electrons. The molecular weight excluding hydrogens is 309 g/mol. The number of thiazole rings is 1. The van der Waals surface area contributed by atoms with E-state index in [1.165, 1.54) is 23.5 Å². The van der Waals surface area contributed by atoms with E-state index in [0.717, 1.165) is 11.1 Å². The summed E-state index contributed by atoms with van der Waals surface area (Å²) in [7, 11) is 0. The lowest BCUT2D eigenvalue weighted by Gasteiger charge is -2.19. The zero-order valence-electron chi connectivity index (χ0n) is 10.8. The van der Waals surface area contributed by atoms with Crippen molar-refractivity contribution in [3.05, 3.63) is 44.9 Å². The van der Waals surface area contributed by atoms with Crippen molar-refractivity contribution < 1.29 is 13.2 Å². The van der Waals surface area contributed by atoms with Gasteiger partial charge in [0.15, 0.2) is 0 Å².